The van der Waals surface area contributed by atoms with Gasteiger partial charge in [-0.1, -0.05) is 19.1 Å². The van der Waals surface area contributed by atoms with E-state index in [1.807, 2.05) is 18.2 Å². The molecule has 1 amide bonds. The molecule has 0 radical (unpaired) electrons. The van der Waals surface area contributed by atoms with Crippen LogP contribution >= 0.6 is 0 Å². The number of aromatic nitrogens is 1. The van der Waals surface area contributed by atoms with Crippen molar-refractivity contribution >= 4 is 40.3 Å². The smallest absolute Gasteiger partial charge is 0.412 e. The molecule has 0 unspecified atom stereocenters. The maximum Gasteiger partial charge on any atom is 0.412 e. The zero-order chi connectivity index (χ0) is 30.3. The summed E-state index contributed by atoms with van der Waals surface area (Å²) in [7, 11) is 0. The molecule has 1 aromatic heterocycles. The van der Waals surface area contributed by atoms with Gasteiger partial charge in [-0.05, 0) is 51.1 Å². The number of piperazine rings is 1. The van der Waals surface area contributed by atoms with E-state index < -0.39 is 16.6 Å². The highest BCUT2D eigenvalue weighted by atomic mass is 16.6. The number of pyridine rings is 1. The molecular weight excluding hydrogens is 536 g/mol. The molecule has 0 bridgehead atoms. The first-order valence-electron chi connectivity index (χ1n) is 13.8. The SMILES string of the molecule is CCN1CCN(c2ccc(Nc3cc(NCc4ccc([N+](=O)[O-])cc4)c(C#N)cn3)c(NC(=O)OC(C)(C)C)c2)CC1. The number of benzene rings is 2. The van der Waals surface area contributed by atoms with Crippen LogP contribution in [0.5, 0.6) is 0 Å². The first-order valence-corrected chi connectivity index (χ1v) is 13.8. The van der Waals surface area contributed by atoms with Gasteiger partial charge in [0.25, 0.3) is 5.69 Å². The molecule has 2 aromatic carbocycles. The lowest BCUT2D eigenvalue weighted by Gasteiger charge is -2.35. The Morgan fingerprint density at radius 2 is 1.79 bits per heavy atom. The first-order chi connectivity index (χ1) is 20.0. The molecule has 42 heavy (non-hydrogen) atoms. The van der Waals surface area contributed by atoms with Crippen molar-refractivity contribution in [1.29, 1.82) is 5.26 Å². The Bertz CT molecular complexity index is 1460. The van der Waals surface area contributed by atoms with Crippen LogP contribution in [0, 0.1) is 21.4 Å². The van der Waals surface area contributed by atoms with Gasteiger partial charge in [-0.25, -0.2) is 9.78 Å². The number of rotatable bonds is 9. The minimum atomic E-state index is -0.662. The van der Waals surface area contributed by atoms with Gasteiger partial charge in [0.05, 0.1) is 27.5 Å². The second-order valence-corrected chi connectivity index (χ2v) is 10.9. The van der Waals surface area contributed by atoms with Crippen molar-refractivity contribution in [2.24, 2.45) is 0 Å². The second-order valence-electron chi connectivity index (χ2n) is 10.9. The fourth-order valence-corrected chi connectivity index (χ4v) is 4.51. The maximum atomic E-state index is 12.7. The number of anilines is 5. The quantitative estimate of drug-likeness (QED) is 0.215. The van der Waals surface area contributed by atoms with E-state index in [0.29, 0.717) is 35.0 Å². The summed E-state index contributed by atoms with van der Waals surface area (Å²) in [5.74, 6) is 0.455. The molecule has 1 saturated heterocycles. The number of nitro groups is 1. The third kappa shape index (κ3) is 8.08. The monoisotopic (exact) mass is 572 g/mol. The standard InChI is InChI=1S/C30H36N8O4/c1-5-36-12-14-37(15-13-36)24-10-11-25(27(16-24)35-29(39)42-30(2,3)4)34-28-17-26(22(18-31)20-33-28)32-19-21-6-8-23(9-7-21)38(40)41/h6-11,16-17,20H,5,12-15,19H2,1-4H3,(H,35,39)(H2,32,33,34). The van der Waals surface area contributed by atoms with Gasteiger partial charge in [0.1, 0.15) is 17.5 Å². The minimum Gasteiger partial charge on any atom is -0.444 e. The van der Waals surface area contributed by atoms with E-state index in [4.69, 9.17) is 4.74 Å². The largest absolute Gasteiger partial charge is 0.444 e. The Hall–Kier alpha value is -4.89. The summed E-state index contributed by atoms with van der Waals surface area (Å²) in [4.78, 5) is 32.3. The molecule has 12 nitrogen and oxygen atoms in total. The molecule has 0 atom stereocenters. The Labute approximate surface area is 245 Å². The van der Waals surface area contributed by atoms with E-state index in [-0.39, 0.29) is 5.69 Å². The molecule has 4 rings (SSSR count). The van der Waals surface area contributed by atoms with Crippen molar-refractivity contribution in [3.63, 3.8) is 0 Å². The summed E-state index contributed by atoms with van der Waals surface area (Å²) in [6, 6.07) is 15.9. The zero-order valence-electron chi connectivity index (χ0n) is 24.3. The van der Waals surface area contributed by atoms with Gasteiger partial charge in [-0.2, -0.15) is 5.26 Å². The van der Waals surface area contributed by atoms with Crippen molar-refractivity contribution in [3.8, 4) is 6.07 Å². The van der Waals surface area contributed by atoms with E-state index in [1.54, 1.807) is 39.0 Å². The summed E-state index contributed by atoms with van der Waals surface area (Å²) in [6.07, 6.45) is 0.889. The van der Waals surface area contributed by atoms with Crippen LogP contribution in [0.1, 0.15) is 38.8 Å². The van der Waals surface area contributed by atoms with E-state index in [0.717, 1.165) is 44.0 Å². The lowest BCUT2D eigenvalue weighted by Crippen LogP contribution is -2.46. The molecule has 2 heterocycles. The summed E-state index contributed by atoms with van der Waals surface area (Å²) in [5.41, 5.74) is 3.18. The molecule has 1 fully saturated rings. The predicted octanol–water partition coefficient (Wildman–Crippen LogP) is 5.71. The highest BCUT2D eigenvalue weighted by Crippen LogP contribution is 2.32. The van der Waals surface area contributed by atoms with Gasteiger partial charge < -0.3 is 25.2 Å². The fourth-order valence-electron chi connectivity index (χ4n) is 4.51. The van der Waals surface area contributed by atoms with Crippen molar-refractivity contribution in [2.75, 3.05) is 53.6 Å². The molecule has 12 heteroatoms. The number of nitrogens with one attached hydrogen (secondary N) is 3. The zero-order valence-corrected chi connectivity index (χ0v) is 24.3. The van der Waals surface area contributed by atoms with E-state index in [2.05, 4.69) is 43.7 Å². The Balaban J connectivity index is 1.56. The molecule has 0 aliphatic carbocycles. The molecular formula is C30H36N8O4. The van der Waals surface area contributed by atoms with Gasteiger partial charge in [0.15, 0.2) is 0 Å². The number of nitrogens with zero attached hydrogens (tertiary/aromatic N) is 5. The number of carbonyl (C=O) groups excluding carboxylic acids is 1. The van der Waals surface area contributed by atoms with Gasteiger partial charge in [0, 0.05) is 62.8 Å². The normalized spacial score (nSPS) is 13.6. The van der Waals surface area contributed by atoms with Crippen LogP contribution in [0.3, 0.4) is 0 Å². The Morgan fingerprint density at radius 3 is 2.40 bits per heavy atom. The van der Waals surface area contributed by atoms with E-state index in [1.165, 1.54) is 18.3 Å². The predicted molar refractivity (Wildman–Crippen MR) is 163 cm³/mol. The summed E-state index contributed by atoms with van der Waals surface area (Å²) in [6.45, 7) is 12.6. The summed E-state index contributed by atoms with van der Waals surface area (Å²) < 4.78 is 5.51. The highest BCUT2D eigenvalue weighted by Gasteiger charge is 2.20. The lowest BCUT2D eigenvalue weighted by atomic mass is 10.1. The van der Waals surface area contributed by atoms with Crippen molar-refractivity contribution in [1.82, 2.24) is 9.88 Å². The third-order valence-corrected chi connectivity index (χ3v) is 6.74. The van der Waals surface area contributed by atoms with Crippen molar-refractivity contribution in [2.45, 2.75) is 39.8 Å². The molecule has 0 saturated carbocycles. The fraction of sp³-hybridized carbons (Fsp3) is 0.367. The average molecular weight is 573 g/mol. The molecule has 1 aliphatic rings. The van der Waals surface area contributed by atoms with Crippen LogP contribution in [-0.4, -0.2) is 59.2 Å². The van der Waals surface area contributed by atoms with E-state index >= 15 is 0 Å². The van der Waals surface area contributed by atoms with Gasteiger partial charge in [-0.3, -0.25) is 15.4 Å². The van der Waals surface area contributed by atoms with Crippen molar-refractivity contribution in [3.05, 3.63) is 76.0 Å². The topological polar surface area (TPSA) is 149 Å². The molecule has 1 aliphatic heterocycles. The third-order valence-electron chi connectivity index (χ3n) is 6.74. The number of non-ortho nitro benzene ring substituents is 1. The first kappa shape index (κ1) is 30.1. The number of nitriles is 1. The maximum absolute atomic E-state index is 12.7. The summed E-state index contributed by atoms with van der Waals surface area (Å²) in [5, 5.41) is 29.9. The van der Waals surface area contributed by atoms with Crippen LogP contribution in [0.15, 0.2) is 54.7 Å². The lowest BCUT2D eigenvalue weighted by molar-refractivity contribution is -0.384. The number of carbonyl (C=O) groups is 1. The van der Waals surface area contributed by atoms with E-state index in [9.17, 15) is 20.2 Å². The average Bonchev–Trinajstić information content (AvgIpc) is 2.96. The van der Waals surface area contributed by atoms with Crippen LogP contribution in [-0.2, 0) is 11.3 Å². The van der Waals surface area contributed by atoms with Gasteiger partial charge >= 0.3 is 6.09 Å². The van der Waals surface area contributed by atoms with Crippen molar-refractivity contribution < 1.29 is 14.5 Å². The number of ether oxygens (including phenoxy) is 1. The van der Waals surface area contributed by atoms with Crippen LogP contribution in [0.2, 0.25) is 0 Å². The highest BCUT2D eigenvalue weighted by molar-refractivity contribution is 5.92. The van der Waals surface area contributed by atoms with Crippen LogP contribution in [0.25, 0.3) is 0 Å². The number of likely N-dealkylation sites (N-methyl/N-ethyl adjacent to an activating group) is 1. The van der Waals surface area contributed by atoms with Crippen LogP contribution < -0.4 is 20.9 Å². The Kier molecular flexibility index (Phi) is 9.44. The number of hydrogen-bond acceptors (Lipinski definition) is 10. The van der Waals surface area contributed by atoms with Crippen LogP contribution in [0.4, 0.5) is 39.0 Å². The summed E-state index contributed by atoms with van der Waals surface area (Å²) >= 11 is 0. The number of nitro benzene ring substituents is 1. The number of hydrogen-bond donors (Lipinski definition) is 3. The van der Waals surface area contributed by atoms with Gasteiger partial charge in [-0.15, -0.1) is 0 Å². The molecule has 220 valence electrons. The van der Waals surface area contributed by atoms with Gasteiger partial charge in [0.2, 0.25) is 0 Å². The second kappa shape index (κ2) is 13.2. The Morgan fingerprint density at radius 1 is 1.07 bits per heavy atom. The molecule has 3 aromatic rings. The molecule has 3 N–H and O–H groups in total. The molecule has 0 spiro atoms. The minimum absolute atomic E-state index is 0.0110. The number of amides is 1.